The minimum atomic E-state index is -4.78. The van der Waals surface area contributed by atoms with Gasteiger partial charge in [-0.15, -0.1) is 13.2 Å². The summed E-state index contributed by atoms with van der Waals surface area (Å²) < 4.78 is 48.5. The molecule has 2 aliphatic heterocycles. The summed E-state index contributed by atoms with van der Waals surface area (Å²) in [5.74, 6) is 1.39. The summed E-state index contributed by atoms with van der Waals surface area (Å²) in [7, 11) is 1.77. The Kier molecular flexibility index (Phi) is 5.90. The number of phenols is 1. The van der Waals surface area contributed by atoms with Crippen LogP contribution in [0.25, 0.3) is 6.08 Å². The lowest BCUT2D eigenvalue weighted by Crippen LogP contribution is -2.69. The first-order valence-corrected chi connectivity index (χ1v) is 14.2. The minimum absolute atomic E-state index is 0.161. The molecule has 40 heavy (non-hydrogen) atoms. The van der Waals surface area contributed by atoms with Gasteiger partial charge in [-0.05, 0) is 92.3 Å². The highest BCUT2D eigenvalue weighted by molar-refractivity contribution is 5.92. The number of phenolic OH excluding ortho intramolecular Hbond substituents is 1. The Bertz CT molecular complexity index is 1370. The first-order chi connectivity index (χ1) is 19.1. The van der Waals surface area contributed by atoms with E-state index < -0.39 is 6.36 Å². The van der Waals surface area contributed by atoms with E-state index in [1.54, 1.807) is 24.1 Å². The van der Waals surface area contributed by atoms with Crippen LogP contribution >= 0.6 is 0 Å². The number of benzene rings is 2. The number of likely N-dealkylation sites (N-methyl/N-ethyl adjacent to an activating group) is 1. The molecule has 1 saturated heterocycles. The Morgan fingerprint density at radius 2 is 2.05 bits per heavy atom. The molecule has 2 saturated carbocycles. The lowest BCUT2D eigenvalue weighted by Gasteiger charge is -2.60. The Morgan fingerprint density at radius 3 is 2.83 bits per heavy atom. The van der Waals surface area contributed by atoms with Crippen molar-refractivity contribution in [2.24, 2.45) is 11.8 Å². The van der Waals surface area contributed by atoms with E-state index in [9.17, 15) is 23.1 Å². The van der Waals surface area contributed by atoms with E-state index in [2.05, 4.69) is 15.7 Å². The van der Waals surface area contributed by atoms with Gasteiger partial charge in [-0.2, -0.15) is 0 Å². The first-order valence-electron chi connectivity index (χ1n) is 14.2. The highest BCUT2D eigenvalue weighted by Crippen LogP contribution is 2.64. The molecule has 212 valence electrons. The van der Waals surface area contributed by atoms with Gasteiger partial charge >= 0.3 is 6.36 Å². The minimum Gasteiger partial charge on any atom is -0.504 e. The number of carbonyl (C=O) groups is 1. The van der Waals surface area contributed by atoms with Gasteiger partial charge in [-0.3, -0.25) is 9.69 Å². The Morgan fingerprint density at radius 1 is 1.23 bits per heavy atom. The number of piperidine rings is 1. The van der Waals surface area contributed by atoms with Crippen molar-refractivity contribution in [2.45, 2.75) is 68.5 Å². The molecule has 0 aromatic heterocycles. The maximum atomic E-state index is 13.4. The standard InChI is InChI=1S/C31H33F3N2O4/c1-35(26(38)12-7-18-3-2-4-21(15-18)40-31(32,33)34)23-10-9-22-24-16-20-8-11-25(37)28-27(20)30(22,29(23)39-28)13-14-36(24)17-19-5-6-19/h2-4,7-8,11-12,15,19,22-24,29,37H,5-6,9-10,13-14,16-17H2,1H3/b12-7+/t22-,23?,24+,29?,30-/m0/s1. The van der Waals surface area contributed by atoms with Crippen LogP contribution in [0.4, 0.5) is 13.2 Å². The van der Waals surface area contributed by atoms with Crippen molar-refractivity contribution in [3.63, 3.8) is 0 Å². The fourth-order valence-corrected chi connectivity index (χ4v) is 8.12. The number of ether oxygens (including phenoxy) is 2. The maximum absolute atomic E-state index is 13.4. The number of alkyl halides is 3. The third-order valence-electron chi connectivity index (χ3n) is 9.95. The lowest BCUT2D eigenvalue weighted by molar-refractivity contribution is -0.274. The zero-order valence-corrected chi connectivity index (χ0v) is 22.4. The number of nitrogens with zero attached hydrogens (tertiary/aromatic N) is 2. The number of halogens is 3. The molecule has 2 aromatic rings. The van der Waals surface area contributed by atoms with Gasteiger partial charge in [-0.25, -0.2) is 0 Å². The summed E-state index contributed by atoms with van der Waals surface area (Å²) in [4.78, 5) is 17.8. The Hall–Kier alpha value is -3.20. The predicted octanol–water partition coefficient (Wildman–Crippen LogP) is 5.28. The highest BCUT2D eigenvalue weighted by atomic mass is 19.4. The van der Waals surface area contributed by atoms with Gasteiger partial charge in [0.1, 0.15) is 11.9 Å². The molecule has 2 heterocycles. The van der Waals surface area contributed by atoms with Gasteiger partial charge in [0.25, 0.3) is 0 Å². The SMILES string of the molecule is CN(C(=O)/C=C/c1cccc(OC(F)(F)F)c1)C1CC[C@H]2[C@H]3Cc4ccc(O)c5c4[C@@]2(CCN3CC2CC2)C1O5. The van der Waals surface area contributed by atoms with Gasteiger partial charge in [0, 0.05) is 36.7 Å². The fourth-order valence-electron chi connectivity index (χ4n) is 8.12. The maximum Gasteiger partial charge on any atom is 0.573 e. The largest absolute Gasteiger partial charge is 0.573 e. The average molecular weight is 555 g/mol. The molecule has 1 amide bonds. The van der Waals surface area contributed by atoms with Crippen molar-refractivity contribution in [2.75, 3.05) is 20.1 Å². The number of likely N-dealkylation sites (tertiary alicyclic amines) is 1. The molecule has 3 fully saturated rings. The fraction of sp³-hybridized carbons (Fsp3) is 0.516. The van der Waals surface area contributed by atoms with Crippen LogP contribution in [-0.4, -0.2) is 65.5 Å². The topological polar surface area (TPSA) is 62.2 Å². The Labute approximate surface area is 231 Å². The molecular formula is C31H33F3N2O4. The van der Waals surface area contributed by atoms with Crippen LogP contribution in [0.2, 0.25) is 0 Å². The van der Waals surface area contributed by atoms with Gasteiger partial charge in [0.2, 0.25) is 5.91 Å². The molecule has 3 aliphatic carbocycles. The second-order valence-electron chi connectivity index (χ2n) is 12.1. The molecule has 2 bridgehead atoms. The van der Waals surface area contributed by atoms with E-state index in [1.165, 1.54) is 48.8 Å². The molecule has 2 unspecified atom stereocenters. The van der Waals surface area contributed by atoms with Crippen LogP contribution in [0.5, 0.6) is 17.2 Å². The summed E-state index contributed by atoms with van der Waals surface area (Å²) in [6.07, 6.45) is 4.18. The molecule has 5 atom stereocenters. The van der Waals surface area contributed by atoms with Crippen LogP contribution < -0.4 is 9.47 Å². The molecular weight excluding hydrogens is 521 g/mol. The van der Waals surface area contributed by atoms with Crippen LogP contribution in [0.1, 0.15) is 48.8 Å². The number of amides is 1. The zero-order chi connectivity index (χ0) is 27.8. The van der Waals surface area contributed by atoms with Crippen molar-refractivity contribution in [1.82, 2.24) is 9.80 Å². The second-order valence-corrected chi connectivity index (χ2v) is 12.1. The van der Waals surface area contributed by atoms with Crippen LogP contribution in [0.15, 0.2) is 42.5 Å². The molecule has 7 rings (SSSR count). The zero-order valence-electron chi connectivity index (χ0n) is 22.4. The summed E-state index contributed by atoms with van der Waals surface area (Å²) in [5, 5.41) is 10.8. The van der Waals surface area contributed by atoms with Crippen molar-refractivity contribution in [3.8, 4) is 17.2 Å². The van der Waals surface area contributed by atoms with E-state index >= 15 is 0 Å². The molecule has 1 N–H and O–H groups in total. The third-order valence-corrected chi connectivity index (χ3v) is 9.95. The third kappa shape index (κ3) is 4.16. The predicted molar refractivity (Wildman–Crippen MR) is 142 cm³/mol. The van der Waals surface area contributed by atoms with E-state index in [0.717, 1.165) is 50.3 Å². The number of carbonyl (C=O) groups excluding carboxylic acids is 1. The number of hydrogen-bond donors (Lipinski definition) is 1. The molecule has 1 spiro atoms. The van der Waals surface area contributed by atoms with Crippen LogP contribution in [0, 0.1) is 11.8 Å². The van der Waals surface area contributed by atoms with Gasteiger partial charge in [0.05, 0.1) is 6.04 Å². The van der Waals surface area contributed by atoms with Crippen molar-refractivity contribution >= 4 is 12.0 Å². The van der Waals surface area contributed by atoms with Crippen molar-refractivity contribution < 1.29 is 32.5 Å². The molecule has 6 nitrogen and oxygen atoms in total. The van der Waals surface area contributed by atoms with E-state index in [-0.39, 0.29) is 35.0 Å². The van der Waals surface area contributed by atoms with Gasteiger partial charge < -0.3 is 19.5 Å². The average Bonchev–Trinajstić information content (AvgIpc) is 3.66. The quantitative estimate of drug-likeness (QED) is 0.493. The first kappa shape index (κ1) is 25.7. The van der Waals surface area contributed by atoms with E-state index in [4.69, 9.17) is 4.74 Å². The smallest absolute Gasteiger partial charge is 0.504 e. The highest BCUT2D eigenvalue weighted by Gasteiger charge is 2.66. The molecule has 0 radical (unpaired) electrons. The monoisotopic (exact) mass is 554 g/mol. The summed E-state index contributed by atoms with van der Waals surface area (Å²) >= 11 is 0. The number of hydrogen-bond acceptors (Lipinski definition) is 5. The molecule has 2 aromatic carbocycles. The van der Waals surface area contributed by atoms with Crippen molar-refractivity contribution in [3.05, 3.63) is 59.2 Å². The number of aromatic hydroxyl groups is 1. The normalized spacial score (nSPS) is 30.6. The summed E-state index contributed by atoms with van der Waals surface area (Å²) in [6, 6.07) is 9.60. The van der Waals surface area contributed by atoms with Gasteiger partial charge in [-0.1, -0.05) is 18.2 Å². The summed E-state index contributed by atoms with van der Waals surface area (Å²) in [6.45, 7) is 2.15. The molecule has 5 aliphatic rings. The van der Waals surface area contributed by atoms with Crippen molar-refractivity contribution in [1.29, 1.82) is 0 Å². The van der Waals surface area contributed by atoms with E-state index in [1.807, 2.05) is 0 Å². The number of rotatable bonds is 6. The molecule has 9 heteroatoms. The summed E-state index contributed by atoms with van der Waals surface area (Å²) in [5.41, 5.74) is 2.61. The Balaban J connectivity index is 1.16. The van der Waals surface area contributed by atoms with E-state index in [0.29, 0.717) is 23.3 Å². The lowest BCUT2D eigenvalue weighted by atomic mass is 9.51. The van der Waals surface area contributed by atoms with Crippen LogP contribution in [-0.2, 0) is 16.6 Å². The van der Waals surface area contributed by atoms with Gasteiger partial charge in [0.15, 0.2) is 11.5 Å². The van der Waals surface area contributed by atoms with Crippen LogP contribution in [0.3, 0.4) is 0 Å². The second kappa shape index (κ2) is 9.16.